The van der Waals surface area contributed by atoms with E-state index in [4.69, 9.17) is 15.0 Å². The average Bonchev–Trinajstić information content (AvgIpc) is 2.69. The summed E-state index contributed by atoms with van der Waals surface area (Å²) in [5.74, 6) is 0.557. The van der Waals surface area contributed by atoms with Crippen molar-refractivity contribution in [1.82, 2.24) is 10.5 Å². The average molecular weight is 269 g/mol. The normalized spacial score (nSPS) is 14.2. The summed E-state index contributed by atoms with van der Waals surface area (Å²) in [5.41, 5.74) is 7.53. The minimum Gasteiger partial charge on any atom is -0.385 e. The van der Waals surface area contributed by atoms with Crippen LogP contribution >= 0.6 is 0 Å². The molecule has 0 bridgehead atoms. The quantitative estimate of drug-likeness (QED) is 0.726. The number of nitrogens with one attached hydrogen (secondary N) is 1. The van der Waals surface area contributed by atoms with Gasteiger partial charge in [-0.25, -0.2) is 0 Å². The van der Waals surface area contributed by atoms with E-state index in [1.54, 1.807) is 7.11 Å². The first-order valence-corrected chi connectivity index (χ1v) is 6.45. The largest absolute Gasteiger partial charge is 0.385 e. The van der Waals surface area contributed by atoms with Crippen molar-refractivity contribution in [2.24, 2.45) is 5.73 Å². The molecule has 2 unspecified atom stereocenters. The monoisotopic (exact) mass is 269 g/mol. The van der Waals surface area contributed by atoms with Crippen molar-refractivity contribution >= 4 is 5.91 Å². The second-order valence-electron chi connectivity index (χ2n) is 4.71. The van der Waals surface area contributed by atoms with Gasteiger partial charge in [0, 0.05) is 19.3 Å². The lowest BCUT2D eigenvalue weighted by Gasteiger charge is -2.17. The molecular formula is C13H23N3O3. The lowest BCUT2D eigenvalue weighted by molar-refractivity contribution is -0.123. The van der Waals surface area contributed by atoms with Crippen molar-refractivity contribution in [3.8, 4) is 0 Å². The summed E-state index contributed by atoms with van der Waals surface area (Å²) in [6.07, 6.45) is 1.37. The number of rotatable bonds is 7. The third-order valence-corrected chi connectivity index (χ3v) is 3.08. The Kier molecular flexibility index (Phi) is 5.98. The highest BCUT2D eigenvalue weighted by Gasteiger charge is 2.21. The summed E-state index contributed by atoms with van der Waals surface area (Å²) < 4.78 is 10.0. The Morgan fingerprint density at radius 1 is 1.53 bits per heavy atom. The van der Waals surface area contributed by atoms with Crippen molar-refractivity contribution in [3.05, 3.63) is 17.0 Å². The number of nitrogens with two attached hydrogens (primary N) is 1. The van der Waals surface area contributed by atoms with E-state index in [0.717, 1.165) is 23.4 Å². The summed E-state index contributed by atoms with van der Waals surface area (Å²) in [6.45, 7) is 6.19. The first-order valence-electron chi connectivity index (χ1n) is 6.45. The Balaban J connectivity index is 2.52. The number of nitrogens with zero attached hydrogens (tertiary/aromatic N) is 1. The maximum Gasteiger partial charge on any atom is 0.237 e. The highest BCUT2D eigenvalue weighted by molar-refractivity contribution is 5.81. The van der Waals surface area contributed by atoms with E-state index < -0.39 is 6.04 Å². The van der Waals surface area contributed by atoms with E-state index in [9.17, 15) is 4.79 Å². The molecule has 0 aliphatic carbocycles. The molecule has 1 amide bonds. The zero-order valence-corrected chi connectivity index (χ0v) is 12.0. The fraction of sp³-hybridized carbons (Fsp3) is 0.692. The second kappa shape index (κ2) is 7.25. The first-order chi connectivity index (χ1) is 8.97. The van der Waals surface area contributed by atoms with Crippen molar-refractivity contribution in [2.75, 3.05) is 13.7 Å². The highest BCUT2D eigenvalue weighted by Crippen LogP contribution is 2.20. The maximum absolute atomic E-state index is 11.9. The molecule has 1 aromatic rings. The molecule has 0 aliphatic heterocycles. The topological polar surface area (TPSA) is 90.4 Å². The van der Waals surface area contributed by atoms with Gasteiger partial charge in [0.2, 0.25) is 5.91 Å². The van der Waals surface area contributed by atoms with Crippen molar-refractivity contribution in [3.63, 3.8) is 0 Å². The molecule has 0 spiro atoms. The van der Waals surface area contributed by atoms with E-state index in [1.807, 2.05) is 20.8 Å². The van der Waals surface area contributed by atoms with E-state index in [0.29, 0.717) is 13.0 Å². The van der Waals surface area contributed by atoms with Gasteiger partial charge in [0.1, 0.15) is 5.76 Å². The number of aromatic nitrogens is 1. The zero-order chi connectivity index (χ0) is 14.4. The van der Waals surface area contributed by atoms with Crippen LogP contribution in [0.25, 0.3) is 0 Å². The van der Waals surface area contributed by atoms with Crippen LogP contribution in [0.1, 0.15) is 42.8 Å². The number of hydrogen-bond donors (Lipinski definition) is 2. The van der Waals surface area contributed by atoms with Crippen LogP contribution < -0.4 is 11.1 Å². The van der Waals surface area contributed by atoms with Crippen molar-refractivity contribution in [2.45, 2.75) is 45.7 Å². The molecular weight excluding hydrogens is 246 g/mol. The molecule has 0 aliphatic rings. The molecule has 6 nitrogen and oxygen atoms in total. The minimum atomic E-state index is -0.516. The van der Waals surface area contributed by atoms with E-state index in [2.05, 4.69) is 10.5 Å². The number of carbonyl (C=O) groups excluding carboxylic acids is 1. The van der Waals surface area contributed by atoms with Gasteiger partial charge in [-0.05, 0) is 33.6 Å². The van der Waals surface area contributed by atoms with Crippen molar-refractivity contribution in [1.29, 1.82) is 0 Å². The zero-order valence-electron chi connectivity index (χ0n) is 12.0. The Bertz CT molecular complexity index is 398. The van der Waals surface area contributed by atoms with Gasteiger partial charge >= 0.3 is 0 Å². The fourth-order valence-corrected chi connectivity index (χ4v) is 2.08. The lowest BCUT2D eigenvalue weighted by Crippen LogP contribution is -2.41. The third kappa shape index (κ3) is 4.33. The summed E-state index contributed by atoms with van der Waals surface area (Å²) in [5, 5.41) is 6.76. The number of amides is 1. The van der Waals surface area contributed by atoms with Crippen LogP contribution in [0.5, 0.6) is 0 Å². The van der Waals surface area contributed by atoms with Gasteiger partial charge in [0.05, 0.1) is 17.8 Å². The summed E-state index contributed by atoms with van der Waals surface area (Å²) >= 11 is 0. The van der Waals surface area contributed by atoms with Crippen LogP contribution in [0, 0.1) is 13.8 Å². The number of carbonyl (C=O) groups is 1. The van der Waals surface area contributed by atoms with Gasteiger partial charge < -0.3 is 20.3 Å². The van der Waals surface area contributed by atoms with Crippen LogP contribution in [0.3, 0.4) is 0 Å². The van der Waals surface area contributed by atoms with Crippen LogP contribution in [-0.2, 0) is 9.53 Å². The maximum atomic E-state index is 11.9. The fourth-order valence-electron chi connectivity index (χ4n) is 2.08. The molecule has 1 aromatic heterocycles. The summed E-state index contributed by atoms with van der Waals surface area (Å²) in [4.78, 5) is 11.9. The van der Waals surface area contributed by atoms with Crippen LogP contribution in [0.15, 0.2) is 4.52 Å². The Labute approximate surface area is 113 Å². The van der Waals surface area contributed by atoms with Crippen LogP contribution in [0.4, 0.5) is 0 Å². The van der Waals surface area contributed by atoms with Crippen LogP contribution in [0.2, 0.25) is 0 Å². The Morgan fingerprint density at radius 2 is 2.21 bits per heavy atom. The minimum absolute atomic E-state index is 0.160. The molecule has 1 heterocycles. The molecule has 0 fully saturated rings. The molecule has 2 atom stereocenters. The van der Waals surface area contributed by atoms with Gasteiger partial charge in [-0.15, -0.1) is 0 Å². The second-order valence-corrected chi connectivity index (χ2v) is 4.71. The highest BCUT2D eigenvalue weighted by atomic mass is 16.5. The predicted molar refractivity (Wildman–Crippen MR) is 71.6 cm³/mol. The molecule has 3 N–H and O–H groups in total. The van der Waals surface area contributed by atoms with Gasteiger partial charge in [-0.2, -0.15) is 0 Å². The molecule has 0 radical (unpaired) electrons. The van der Waals surface area contributed by atoms with Gasteiger partial charge in [0.15, 0.2) is 0 Å². The molecule has 0 saturated heterocycles. The van der Waals surface area contributed by atoms with Gasteiger partial charge in [-0.1, -0.05) is 5.16 Å². The SMILES string of the molecule is COCCCC(N)C(=O)NC(C)c1c(C)noc1C. The molecule has 19 heavy (non-hydrogen) atoms. The van der Waals surface area contributed by atoms with Crippen LogP contribution in [-0.4, -0.2) is 30.8 Å². The number of ether oxygens (including phenoxy) is 1. The number of hydrogen-bond acceptors (Lipinski definition) is 5. The van der Waals surface area contributed by atoms with E-state index in [-0.39, 0.29) is 11.9 Å². The lowest BCUT2D eigenvalue weighted by atomic mass is 10.1. The summed E-state index contributed by atoms with van der Waals surface area (Å²) in [7, 11) is 1.63. The van der Waals surface area contributed by atoms with Gasteiger partial charge in [-0.3, -0.25) is 4.79 Å². The first kappa shape index (κ1) is 15.7. The third-order valence-electron chi connectivity index (χ3n) is 3.08. The smallest absolute Gasteiger partial charge is 0.237 e. The van der Waals surface area contributed by atoms with E-state index in [1.165, 1.54) is 0 Å². The standard InChI is InChI=1S/C13H23N3O3/c1-8(12-9(2)16-19-10(12)3)15-13(17)11(14)6-5-7-18-4/h8,11H,5-7,14H2,1-4H3,(H,15,17). The Morgan fingerprint density at radius 3 is 2.74 bits per heavy atom. The number of aryl methyl sites for hydroxylation is 2. The molecule has 6 heteroatoms. The summed E-state index contributed by atoms with van der Waals surface area (Å²) in [6, 6.07) is -0.676. The molecule has 108 valence electrons. The molecule has 1 rings (SSSR count). The molecule has 0 aromatic carbocycles. The predicted octanol–water partition coefficient (Wildman–Crippen LogP) is 1.22. The Hall–Kier alpha value is -1.40. The number of methoxy groups -OCH3 is 1. The van der Waals surface area contributed by atoms with E-state index >= 15 is 0 Å². The van der Waals surface area contributed by atoms with Gasteiger partial charge in [0.25, 0.3) is 0 Å². The van der Waals surface area contributed by atoms with Crippen molar-refractivity contribution < 1.29 is 14.1 Å². The molecule has 0 saturated carbocycles.